The molecule has 0 aliphatic carbocycles. The first kappa shape index (κ1) is 18.1. The lowest BCUT2D eigenvalue weighted by Crippen LogP contribution is -2.42. The van der Waals surface area contributed by atoms with E-state index in [1.54, 1.807) is 6.07 Å². The lowest BCUT2D eigenvalue weighted by Gasteiger charge is -2.36. The number of rotatable bonds is 4. The fraction of sp³-hybridized carbons (Fsp3) is 0.737. The van der Waals surface area contributed by atoms with E-state index in [-0.39, 0.29) is 17.4 Å². The van der Waals surface area contributed by atoms with Gasteiger partial charge in [0.2, 0.25) is 5.91 Å². The van der Waals surface area contributed by atoms with Crippen molar-refractivity contribution in [2.75, 3.05) is 26.2 Å². The van der Waals surface area contributed by atoms with Crippen LogP contribution in [-0.4, -0.2) is 57.9 Å². The molecule has 1 N–H and O–H groups in total. The van der Waals surface area contributed by atoms with Gasteiger partial charge in [0.15, 0.2) is 0 Å². The number of hydrogen-bond donors (Lipinski definition) is 1. The second-order valence-corrected chi connectivity index (χ2v) is 7.79. The van der Waals surface area contributed by atoms with Crippen molar-refractivity contribution in [1.82, 2.24) is 19.8 Å². The largest absolute Gasteiger partial charge is 0.342 e. The van der Waals surface area contributed by atoms with Crippen LogP contribution in [0.25, 0.3) is 0 Å². The molecule has 2 saturated heterocycles. The highest BCUT2D eigenvalue weighted by Gasteiger charge is 2.29. The number of nitrogens with one attached hydrogen (secondary N) is 1. The van der Waals surface area contributed by atoms with Crippen LogP contribution < -0.4 is 5.56 Å². The Morgan fingerprint density at radius 2 is 2.04 bits per heavy atom. The maximum absolute atomic E-state index is 12.7. The number of nitrogens with zero attached hydrogens (tertiary/aromatic N) is 3. The summed E-state index contributed by atoms with van der Waals surface area (Å²) in [5, 5.41) is 0. The predicted octanol–water partition coefficient (Wildman–Crippen LogP) is 1.99. The smallest absolute Gasteiger partial charge is 0.250 e. The Morgan fingerprint density at radius 1 is 1.28 bits per heavy atom. The molecule has 0 radical (unpaired) electrons. The number of likely N-dealkylation sites (tertiary alicyclic amines) is 2. The van der Waals surface area contributed by atoms with Crippen LogP contribution in [0.2, 0.25) is 0 Å². The van der Waals surface area contributed by atoms with E-state index in [0.717, 1.165) is 51.0 Å². The molecule has 1 atom stereocenters. The summed E-state index contributed by atoms with van der Waals surface area (Å²) < 4.78 is 0. The Balaban J connectivity index is 1.53. The number of aromatic amines is 1. The first-order valence-corrected chi connectivity index (χ1v) is 9.59. The van der Waals surface area contributed by atoms with Crippen molar-refractivity contribution in [2.24, 2.45) is 5.92 Å². The standard InChI is InChI=1S/C19H30N4O2/c1-14(2)22-8-5-15(6-9-22)10-19(25)23-7-3-4-16(12-23)17-11-18(24)21-13-20-17/h11,13-16H,3-10,12H2,1-2H3,(H,20,21,24)/t16-/m1/s1. The van der Waals surface area contributed by atoms with Gasteiger partial charge in [-0.1, -0.05) is 0 Å². The van der Waals surface area contributed by atoms with Gasteiger partial charge in [0.05, 0.1) is 12.0 Å². The van der Waals surface area contributed by atoms with Crippen molar-refractivity contribution in [2.45, 2.75) is 57.9 Å². The number of carbonyl (C=O) groups excluding carboxylic acids is 1. The molecule has 1 amide bonds. The first-order valence-electron chi connectivity index (χ1n) is 9.59. The number of hydrogen-bond acceptors (Lipinski definition) is 4. The van der Waals surface area contributed by atoms with Crippen LogP contribution in [0.4, 0.5) is 0 Å². The zero-order valence-electron chi connectivity index (χ0n) is 15.4. The predicted molar refractivity (Wildman–Crippen MR) is 97.5 cm³/mol. The van der Waals surface area contributed by atoms with E-state index in [4.69, 9.17) is 0 Å². The van der Waals surface area contributed by atoms with Crippen molar-refractivity contribution < 1.29 is 4.79 Å². The van der Waals surface area contributed by atoms with Gasteiger partial charge in [-0.25, -0.2) is 4.98 Å². The molecule has 0 unspecified atom stereocenters. The molecule has 6 heteroatoms. The minimum Gasteiger partial charge on any atom is -0.342 e. The Hall–Kier alpha value is -1.69. The van der Waals surface area contributed by atoms with Gasteiger partial charge in [0.1, 0.15) is 0 Å². The van der Waals surface area contributed by atoms with Crippen molar-refractivity contribution in [1.29, 1.82) is 0 Å². The summed E-state index contributed by atoms with van der Waals surface area (Å²) in [7, 11) is 0. The molecule has 6 nitrogen and oxygen atoms in total. The molecule has 0 spiro atoms. The second-order valence-electron chi connectivity index (χ2n) is 7.79. The van der Waals surface area contributed by atoms with E-state index >= 15 is 0 Å². The summed E-state index contributed by atoms with van der Waals surface area (Å²) in [5.74, 6) is 0.973. The van der Waals surface area contributed by atoms with Crippen LogP contribution in [0.1, 0.15) is 57.6 Å². The van der Waals surface area contributed by atoms with Crippen molar-refractivity contribution in [3.63, 3.8) is 0 Å². The number of H-pyrrole nitrogens is 1. The third-order valence-electron chi connectivity index (χ3n) is 5.73. The molecule has 2 aliphatic heterocycles. The van der Waals surface area contributed by atoms with Gasteiger partial charge < -0.3 is 14.8 Å². The van der Waals surface area contributed by atoms with Crippen molar-refractivity contribution >= 4 is 5.91 Å². The maximum Gasteiger partial charge on any atom is 0.250 e. The number of carbonyl (C=O) groups is 1. The van der Waals surface area contributed by atoms with E-state index in [1.807, 2.05) is 4.90 Å². The summed E-state index contributed by atoms with van der Waals surface area (Å²) in [6.07, 6.45) is 6.35. The number of amides is 1. The van der Waals surface area contributed by atoms with E-state index in [9.17, 15) is 9.59 Å². The highest BCUT2D eigenvalue weighted by atomic mass is 16.2. The van der Waals surface area contributed by atoms with E-state index in [2.05, 4.69) is 28.7 Å². The quantitative estimate of drug-likeness (QED) is 0.905. The lowest BCUT2D eigenvalue weighted by atomic mass is 9.90. The Labute approximate surface area is 149 Å². The van der Waals surface area contributed by atoms with Crippen LogP contribution in [-0.2, 0) is 4.79 Å². The highest BCUT2D eigenvalue weighted by molar-refractivity contribution is 5.76. The molecule has 2 fully saturated rings. The van der Waals surface area contributed by atoms with Gasteiger partial charge in [-0.3, -0.25) is 9.59 Å². The topological polar surface area (TPSA) is 69.3 Å². The zero-order chi connectivity index (χ0) is 17.8. The normalized spacial score (nSPS) is 23.2. The molecular formula is C19H30N4O2. The summed E-state index contributed by atoms with van der Waals surface area (Å²) in [4.78, 5) is 35.6. The molecule has 0 saturated carbocycles. The number of piperidine rings is 2. The van der Waals surface area contributed by atoms with E-state index < -0.39 is 0 Å². The Morgan fingerprint density at radius 3 is 2.72 bits per heavy atom. The van der Waals surface area contributed by atoms with Crippen molar-refractivity contribution in [3.05, 3.63) is 28.4 Å². The third-order valence-corrected chi connectivity index (χ3v) is 5.73. The van der Waals surface area contributed by atoms with Crippen LogP contribution in [0, 0.1) is 5.92 Å². The average molecular weight is 346 g/mol. The molecule has 3 rings (SSSR count). The first-order chi connectivity index (χ1) is 12.0. The minimum absolute atomic E-state index is 0.120. The van der Waals surface area contributed by atoms with Gasteiger partial charge in [-0.05, 0) is 58.5 Å². The lowest BCUT2D eigenvalue weighted by molar-refractivity contribution is -0.133. The van der Waals surface area contributed by atoms with Crippen LogP contribution >= 0.6 is 0 Å². The highest BCUT2D eigenvalue weighted by Crippen LogP contribution is 2.27. The fourth-order valence-corrected chi connectivity index (χ4v) is 4.10. The zero-order valence-corrected chi connectivity index (χ0v) is 15.4. The van der Waals surface area contributed by atoms with E-state index in [1.165, 1.54) is 6.33 Å². The third kappa shape index (κ3) is 4.69. The van der Waals surface area contributed by atoms with Gasteiger partial charge >= 0.3 is 0 Å². The minimum atomic E-state index is -0.120. The maximum atomic E-state index is 12.7. The fourth-order valence-electron chi connectivity index (χ4n) is 4.10. The summed E-state index contributed by atoms with van der Waals surface area (Å²) in [5.41, 5.74) is 0.692. The number of aromatic nitrogens is 2. The molecule has 2 aliphatic rings. The van der Waals surface area contributed by atoms with Gasteiger partial charge in [0.25, 0.3) is 5.56 Å². The SMILES string of the molecule is CC(C)N1CCC(CC(=O)N2CCC[C@@H](c3cc(=O)[nH]cn3)C2)CC1. The summed E-state index contributed by atoms with van der Waals surface area (Å²) in [6.45, 7) is 8.22. The molecule has 1 aromatic rings. The van der Waals surface area contributed by atoms with Crippen LogP contribution in [0.3, 0.4) is 0 Å². The second kappa shape index (κ2) is 8.13. The summed E-state index contributed by atoms with van der Waals surface area (Å²) >= 11 is 0. The molecule has 25 heavy (non-hydrogen) atoms. The van der Waals surface area contributed by atoms with Gasteiger partial charge in [-0.15, -0.1) is 0 Å². The molecule has 138 valence electrons. The average Bonchev–Trinajstić information content (AvgIpc) is 2.62. The van der Waals surface area contributed by atoms with E-state index in [0.29, 0.717) is 24.9 Å². The summed E-state index contributed by atoms with van der Waals surface area (Å²) in [6, 6.07) is 2.17. The molecule has 0 aromatic carbocycles. The van der Waals surface area contributed by atoms with Crippen LogP contribution in [0.15, 0.2) is 17.2 Å². The Kier molecular flexibility index (Phi) is 5.89. The Bertz CT molecular complexity index is 634. The van der Waals surface area contributed by atoms with Crippen LogP contribution in [0.5, 0.6) is 0 Å². The molecular weight excluding hydrogens is 316 g/mol. The molecule has 0 bridgehead atoms. The van der Waals surface area contributed by atoms with Crippen molar-refractivity contribution in [3.8, 4) is 0 Å². The molecule has 3 heterocycles. The van der Waals surface area contributed by atoms with Gasteiger partial charge in [-0.2, -0.15) is 0 Å². The monoisotopic (exact) mass is 346 g/mol. The molecule has 1 aromatic heterocycles. The van der Waals surface area contributed by atoms with Gasteiger partial charge in [0, 0.05) is 37.5 Å².